The summed E-state index contributed by atoms with van der Waals surface area (Å²) in [5, 5.41) is 3.31. The maximum Gasteiger partial charge on any atom is 0.227 e. The third-order valence-electron chi connectivity index (χ3n) is 3.87. The summed E-state index contributed by atoms with van der Waals surface area (Å²) in [5.74, 6) is 1.26. The number of rotatable bonds is 5. The molecule has 0 saturated carbocycles. The van der Waals surface area contributed by atoms with Gasteiger partial charge in [0.1, 0.15) is 5.75 Å². The van der Waals surface area contributed by atoms with Crippen molar-refractivity contribution in [2.45, 2.75) is 26.3 Å². The van der Waals surface area contributed by atoms with Crippen LogP contribution in [0.1, 0.15) is 25.3 Å². The molecule has 1 atom stereocenters. The minimum Gasteiger partial charge on any atom is -0.497 e. The minimum absolute atomic E-state index is 0.141. The maximum atomic E-state index is 12.5. The fraction of sp³-hybridized carbons (Fsp3) is 0.562. The van der Waals surface area contributed by atoms with Crippen LogP contribution in [0.15, 0.2) is 24.3 Å². The fourth-order valence-electron chi connectivity index (χ4n) is 2.62. The summed E-state index contributed by atoms with van der Waals surface area (Å²) in [5.41, 5.74) is 1.14. The van der Waals surface area contributed by atoms with E-state index >= 15 is 0 Å². The van der Waals surface area contributed by atoms with Gasteiger partial charge in [0.25, 0.3) is 0 Å². The van der Waals surface area contributed by atoms with Crippen LogP contribution in [0.3, 0.4) is 0 Å². The van der Waals surface area contributed by atoms with Crippen LogP contribution in [0.25, 0.3) is 0 Å². The van der Waals surface area contributed by atoms with E-state index < -0.39 is 0 Å². The highest BCUT2D eigenvalue weighted by molar-refractivity contribution is 5.79. The molecule has 0 spiro atoms. The first-order chi connectivity index (χ1) is 9.74. The first kappa shape index (κ1) is 14.9. The molecule has 20 heavy (non-hydrogen) atoms. The Morgan fingerprint density at radius 3 is 2.70 bits per heavy atom. The van der Waals surface area contributed by atoms with Crippen molar-refractivity contribution in [3.8, 4) is 5.75 Å². The molecule has 1 aliphatic rings. The molecular weight excluding hydrogens is 252 g/mol. The zero-order valence-corrected chi connectivity index (χ0v) is 12.4. The molecule has 4 nitrogen and oxygen atoms in total. The molecule has 1 aromatic rings. The Bertz CT molecular complexity index is 425. The van der Waals surface area contributed by atoms with Gasteiger partial charge in [-0.25, -0.2) is 0 Å². The van der Waals surface area contributed by atoms with Crippen LogP contribution in [-0.2, 0) is 11.3 Å². The van der Waals surface area contributed by atoms with Crippen molar-refractivity contribution in [2.24, 2.45) is 5.92 Å². The van der Waals surface area contributed by atoms with Crippen LogP contribution in [-0.4, -0.2) is 37.6 Å². The van der Waals surface area contributed by atoms with Crippen LogP contribution < -0.4 is 10.1 Å². The van der Waals surface area contributed by atoms with Gasteiger partial charge >= 0.3 is 0 Å². The molecule has 1 heterocycles. The van der Waals surface area contributed by atoms with Crippen LogP contribution in [0.2, 0.25) is 0 Å². The van der Waals surface area contributed by atoms with Gasteiger partial charge in [-0.05, 0) is 44.0 Å². The van der Waals surface area contributed by atoms with E-state index in [9.17, 15) is 4.79 Å². The Labute approximate surface area is 121 Å². The number of benzene rings is 1. The van der Waals surface area contributed by atoms with Gasteiger partial charge < -0.3 is 15.0 Å². The molecule has 1 saturated heterocycles. The lowest BCUT2D eigenvalue weighted by Gasteiger charge is -2.29. The number of nitrogens with one attached hydrogen (secondary N) is 1. The fourth-order valence-corrected chi connectivity index (χ4v) is 2.62. The summed E-state index contributed by atoms with van der Waals surface area (Å²) in [6.45, 7) is 5.32. The molecule has 0 aliphatic carbocycles. The second-order valence-corrected chi connectivity index (χ2v) is 5.24. The molecule has 1 amide bonds. The molecule has 1 N–H and O–H groups in total. The van der Waals surface area contributed by atoms with Gasteiger partial charge in [0, 0.05) is 19.6 Å². The summed E-state index contributed by atoms with van der Waals surface area (Å²) in [6.07, 6.45) is 2.10. The number of carbonyl (C=O) groups excluding carboxylic acids is 1. The summed E-state index contributed by atoms with van der Waals surface area (Å²) >= 11 is 0. The lowest BCUT2D eigenvalue weighted by atomic mass is 9.98. The molecular formula is C16H24N2O2. The summed E-state index contributed by atoms with van der Waals surface area (Å²) in [4.78, 5) is 14.5. The lowest BCUT2D eigenvalue weighted by Crippen LogP contribution is -2.42. The first-order valence-electron chi connectivity index (χ1n) is 7.37. The molecule has 0 bridgehead atoms. The molecule has 2 rings (SSSR count). The summed E-state index contributed by atoms with van der Waals surface area (Å²) in [7, 11) is 1.66. The first-order valence-corrected chi connectivity index (χ1v) is 7.37. The Morgan fingerprint density at radius 1 is 1.40 bits per heavy atom. The predicted octanol–water partition coefficient (Wildman–Crippen LogP) is 2.04. The van der Waals surface area contributed by atoms with Crippen LogP contribution in [0.5, 0.6) is 5.75 Å². The Kier molecular flexibility index (Phi) is 5.41. The number of ether oxygens (including phenoxy) is 1. The van der Waals surface area contributed by atoms with Crippen molar-refractivity contribution in [1.29, 1.82) is 0 Å². The van der Waals surface area contributed by atoms with Crippen molar-refractivity contribution in [2.75, 3.05) is 26.7 Å². The third-order valence-corrected chi connectivity index (χ3v) is 3.87. The minimum atomic E-state index is 0.141. The second kappa shape index (κ2) is 7.29. The van der Waals surface area contributed by atoms with Gasteiger partial charge in [-0.3, -0.25) is 4.79 Å². The number of methoxy groups -OCH3 is 1. The maximum absolute atomic E-state index is 12.5. The van der Waals surface area contributed by atoms with Crippen molar-refractivity contribution < 1.29 is 9.53 Å². The van der Waals surface area contributed by atoms with Gasteiger partial charge in [0.15, 0.2) is 0 Å². The van der Waals surface area contributed by atoms with Gasteiger partial charge in [-0.15, -0.1) is 0 Å². The van der Waals surface area contributed by atoms with Crippen LogP contribution in [0, 0.1) is 5.92 Å². The van der Waals surface area contributed by atoms with Crippen LogP contribution >= 0.6 is 0 Å². The Balaban J connectivity index is 1.97. The average molecular weight is 276 g/mol. The zero-order chi connectivity index (χ0) is 14.4. The van der Waals surface area contributed by atoms with E-state index in [1.54, 1.807) is 7.11 Å². The summed E-state index contributed by atoms with van der Waals surface area (Å²) in [6, 6.07) is 7.92. The number of hydrogen-bond acceptors (Lipinski definition) is 3. The van der Waals surface area contributed by atoms with Gasteiger partial charge in [-0.2, -0.15) is 0 Å². The van der Waals surface area contributed by atoms with E-state index in [0.29, 0.717) is 6.54 Å². The SMILES string of the molecule is CCN(Cc1ccc(OC)cc1)C(=O)[C@@H]1CCCNC1. The van der Waals surface area contributed by atoms with E-state index in [1.807, 2.05) is 36.1 Å². The molecule has 1 fully saturated rings. The zero-order valence-electron chi connectivity index (χ0n) is 12.4. The van der Waals surface area contributed by atoms with Crippen molar-refractivity contribution in [3.05, 3.63) is 29.8 Å². The highest BCUT2D eigenvalue weighted by atomic mass is 16.5. The summed E-state index contributed by atoms with van der Waals surface area (Å²) < 4.78 is 5.15. The van der Waals surface area contributed by atoms with Gasteiger partial charge in [0.2, 0.25) is 5.91 Å². The van der Waals surface area contributed by atoms with E-state index in [2.05, 4.69) is 5.32 Å². The van der Waals surface area contributed by atoms with Gasteiger partial charge in [0.05, 0.1) is 13.0 Å². The molecule has 1 aromatic carbocycles. The third kappa shape index (κ3) is 3.73. The largest absolute Gasteiger partial charge is 0.497 e. The normalized spacial score (nSPS) is 18.6. The quantitative estimate of drug-likeness (QED) is 0.895. The molecule has 0 aromatic heterocycles. The standard InChI is InChI=1S/C16H24N2O2/c1-3-18(16(19)14-5-4-10-17-11-14)12-13-6-8-15(20-2)9-7-13/h6-9,14,17H,3-5,10-12H2,1-2H3/t14-/m1/s1. The average Bonchev–Trinajstić information content (AvgIpc) is 2.53. The Hall–Kier alpha value is -1.55. The van der Waals surface area contributed by atoms with Crippen LogP contribution in [0.4, 0.5) is 0 Å². The molecule has 1 aliphatic heterocycles. The number of carbonyl (C=O) groups is 1. The highest BCUT2D eigenvalue weighted by Crippen LogP contribution is 2.17. The molecule has 0 radical (unpaired) electrons. The molecule has 4 heteroatoms. The molecule has 110 valence electrons. The number of hydrogen-bond donors (Lipinski definition) is 1. The number of piperidine rings is 1. The number of nitrogens with zero attached hydrogens (tertiary/aromatic N) is 1. The van der Waals surface area contributed by atoms with Crippen molar-refractivity contribution in [3.63, 3.8) is 0 Å². The topological polar surface area (TPSA) is 41.6 Å². The van der Waals surface area contributed by atoms with Crippen molar-refractivity contribution >= 4 is 5.91 Å². The van der Waals surface area contributed by atoms with Crippen molar-refractivity contribution in [1.82, 2.24) is 10.2 Å². The predicted molar refractivity (Wildman–Crippen MR) is 79.7 cm³/mol. The highest BCUT2D eigenvalue weighted by Gasteiger charge is 2.25. The Morgan fingerprint density at radius 2 is 2.15 bits per heavy atom. The monoisotopic (exact) mass is 276 g/mol. The van der Waals surface area contributed by atoms with Gasteiger partial charge in [-0.1, -0.05) is 12.1 Å². The second-order valence-electron chi connectivity index (χ2n) is 5.24. The van der Waals surface area contributed by atoms with E-state index in [1.165, 1.54) is 0 Å². The van der Waals surface area contributed by atoms with E-state index in [4.69, 9.17) is 4.74 Å². The molecule has 0 unspecified atom stereocenters. The van der Waals surface area contributed by atoms with E-state index in [-0.39, 0.29) is 11.8 Å². The number of amides is 1. The van der Waals surface area contributed by atoms with E-state index in [0.717, 1.165) is 43.8 Å². The lowest BCUT2D eigenvalue weighted by molar-refractivity contribution is -0.136. The smallest absolute Gasteiger partial charge is 0.227 e.